The highest BCUT2D eigenvalue weighted by molar-refractivity contribution is 7.17. The van der Waals surface area contributed by atoms with Crippen LogP contribution in [0.3, 0.4) is 0 Å². The number of pyridine rings is 1. The van der Waals surface area contributed by atoms with Crippen LogP contribution in [0.5, 0.6) is 0 Å². The second-order valence-electron chi connectivity index (χ2n) is 7.51. The van der Waals surface area contributed by atoms with Gasteiger partial charge in [-0.2, -0.15) is 0 Å². The molecular formula is C20H17ClFN3O4S. The number of carbonyl (C=O) groups excluding carboxylic acids is 1. The third kappa shape index (κ3) is 3.66. The molecule has 2 N–H and O–H groups in total. The largest absolute Gasteiger partial charge is 0.465 e. The maximum absolute atomic E-state index is 13.5. The second-order valence-corrected chi connectivity index (χ2v) is 8.83. The lowest BCUT2D eigenvalue weighted by Gasteiger charge is -2.47. The maximum atomic E-state index is 13.5. The molecule has 156 valence electrons. The third-order valence-corrected chi connectivity index (χ3v) is 6.31. The molecular weight excluding hydrogens is 433 g/mol. The van der Waals surface area contributed by atoms with E-state index in [0.29, 0.717) is 16.5 Å². The molecule has 1 saturated heterocycles. The summed E-state index contributed by atoms with van der Waals surface area (Å²) in [4.78, 5) is 38.0. The van der Waals surface area contributed by atoms with Crippen LogP contribution in [0.4, 0.5) is 9.18 Å². The van der Waals surface area contributed by atoms with Crippen LogP contribution in [0.25, 0.3) is 21.2 Å². The van der Waals surface area contributed by atoms with Gasteiger partial charge < -0.3 is 19.9 Å². The Morgan fingerprint density at radius 3 is 2.73 bits per heavy atom. The van der Waals surface area contributed by atoms with Crippen molar-refractivity contribution in [3.63, 3.8) is 0 Å². The minimum absolute atomic E-state index is 0.0333. The molecule has 3 heterocycles. The van der Waals surface area contributed by atoms with E-state index in [-0.39, 0.29) is 36.1 Å². The number of benzene rings is 1. The highest BCUT2D eigenvalue weighted by Crippen LogP contribution is 2.33. The van der Waals surface area contributed by atoms with Gasteiger partial charge in [-0.1, -0.05) is 17.7 Å². The van der Waals surface area contributed by atoms with E-state index in [1.54, 1.807) is 30.6 Å². The van der Waals surface area contributed by atoms with Crippen molar-refractivity contribution in [3.05, 3.63) is 57.0 Å². The topological polar surface area (TPSA) is 91.6 Å². The fourth-order valence-corrected chi connectivity index (χ4v) is 4.78. The molecule has 0 unspecified atom stereocenters. The highest BCUT2D eigenvalue weighted by atomic mass is 35.5. The predicted molar refractivity (Wildman–Crippen MR) is 113 cm³/mol. The van der Waals surface area contributed by atoms with Gasteiger partial charge in [-0.15, -0.1) is 11.3 Å². The first-order chi connectivity index (χ1) is 14.2. The summed E-state index contributed by atoms with van der Waals surface area (Å²) in [6.45, 7) is 2.05. The molecule has 10 heteroatoms. The summed E-state index contributed by atoms with van der Waals surface area (Å²) in [6, 6.07) is 6.03. The SMILES string of the molecule is CC1(NC(=O)O)CN(C(=O)Cn2ccc3scc(-c4ccc(F)c(Cl)c4)c3c2=O)C1. The molecule has 7 nitrogen and oxygen atoms in total. The molecule has 0 aliphatic carbocycles. The lowest BCUT2D eigenvalue weighted by Crippen LogP contribution is -2.69. The summed E-state index contributed by atoms with van der Waals surface area (Å²) in [5.41, 5.74) is 0.237. The summed E-state index contributed by atoms with van der Waals surface area (Å²) in [5.74, 6) is -0.815. The molecule has 4 rings (SSSR count). The summed E-state index contributed by atoms with van der Waals surface area (Å²) in [6.07, 6.45) is 0.423. The smallest absolute Gasteiger partial charge is 0.405 e. The molecule has 30 heavy (non-hydrogen) atoms. The Kier molecular flexibility index (Phi) is 5.03. The number of thiophene rings is 1. The van der Waals surface area contributed by atoms with E-state index >= 15 is 0 Å². The Balaban J connectivity index is 1.60. The van der Waals surface area contributed by atoms with E-state index in [4.69, 9.17) is 16.7 Å². The van der Waals surface area contributed by atoms with Crippen LogP contribution in [-0.2, 0) is 11.3 Å². The first-order valence-corrected chi connectivity index (χ1v) is 10.3. The molecule has 2 amide bonds. The highest BCUT2D eigenvalue weighted by Gasteiger charge is 2.42. The summed E-state index contributed by atoms with van der Waals surface area (Å²) < 4.78 is 15.6. The zero-order chi connectivity index (χ0) is 21.6. The van der Waals surface area contributed by atoms with Gasteiger partial charge in [-0.25, -0.2) is 9.18 Å². The number of carboxylic acid groups (broad SMARTS) is 1. The van der Waals surface area contributed by atoms with Crippen molar-refractivity contribution in [2.24, 2.45) is 0 Å². The number of nitrogens with one attached hydrogen (secondary N) is 1. The molecule has 1 aromatic carbocycles. The first kappa shape index (κ1) is 20.4. The number of nitrogens with zero attached hydrogens (tertiary/aromatic N) is 2. The standard InChI is InChI=1S/C20H17ClFN3O4S/c1-20(23-19(28)29)9-25(10-20)16(26)7-24-5-4-15-17(18(24)27)12(8-30-15)11-2-3-14(22)13(21)6-11/h2-6,8,23H,7,9-10H2,1H3,(H,28,29). The van der Waals surface area contributed by atoms with Gasteiger partial charge >= 0.3 is 6.09 Å². The van der Waals surface area contributed by atoms with E-state index in [1.807, 2.05) is 0 Å². The van der Waals surface area contributed by atoms with Crippen molar-refractivity contribution < 1.29 is 19.1 Å². The molecule has 1 aliphatic rings. The summed E-state index contributed by atoms with van der Waals surface area (Å²) in [7, 11) is 0. The van der Waals surface area contributed by atoms with E-state index in [1.165, 1.54) is 32.9 Å². The zero-order valence-corrected chi connectivity index (χ0v) is 17.4. The lowest BCUT2D eigenvalue weighted by atomic mass is 9.92. The second kappa shape index (κ2) is 7.41. The van der Waals surface area contributed by atoms with Crippen LogP contribution in [-0.4, -0.2) is 45.2 Å². The van der Waals surface area contributed by atoms with Gasteiger partial charge in [0.15, 0.2) is 0 Å². The van der Waals surface area contributed by atoms with Gasteiger partial charge in [0.1, 0.15) is 12.4 Å². The normalized spacial score (nSPS) is 15.1. The Labute approximate surface area is 179 Å². The van der Waals surface area contributed by atoms with Crippen LogP contribution in [0, 0.1) is 5.82 Å². The number of aromatic nitrogens is 1. The van der Waals surface area contributed by atoms with E-state index in [0.717, 1.165) is 4.70 Å². The molecule has 0 radical (unpaired) electrons. The molecule has 0 bridgehead atoms. The molecule has 0 spiro atoms. The number of amides is 2. The molecule has 0 atom stereocenters. The number of fused-ring (bicyclic) bond motifs is 1. The Morgan fingerprint density at radius 1 is 1.33 bits per heavy atom. The van der Waals surface area contributed by atoms with Crippen LogP contribution >= 0.6 is 22.9 Å². The predicted octanol–water partition coefficient (Wildman–Crippen LogP) is 3.39. The average molecular weight is 450 g/mol. The van der Waals surface area contributed by atoms with Crippen molar-refractivity contribution in [2.75, 3.05) is 13.1 Å². The molecule has 1 fully saturated rings. The van der Waals surface area contributed by atoms with Gasteiger partial charge in [0, 0.05) is 34.9 Å². The number of halogens is 2. The number of hydrogen-bond acceptors (Lipinski definition) is 4. The van der Waals surface area contributed by atoms with Crippen LogP contribution < -0.4 is 10.9 Å². The van der Waals surface area contributed by atoms with Gasteiger partial charge in [0.2, 0.25) is 5.91 Å². The average Bonchev–Trinajstić information content (AvgIpc) is 3.08. The fraction of sp³-hybridized carbons (Fsp3) is 0.250. The van der Waals surface area contributed by atoms with Crippen LogP contribution in [0.2, 0.25) is 5.02 Å². The fourth-order valence-electron chi connectivity index (χ4n) is 3.64. The molecule has 1 aliphatic heterocycles. The van der Waals surface area contributed by atoms with Gasteiger partial charge in [0.05, 0.1) is 15.9 Å². The number of likely N-dealkylation sites (tertiary alicyclic amines) is 1. The summed E-state index contributed by atoms with van der Waals surface area (Å²) >= 11 is 7.27. The Morgan fingerprint density at radius 2 is 2.07 bits per heavy atom. The molecule has 2 aromatic heterocycles. The zero-order valence-electron chi connectivity index (χ0n) is 15.8. The summed E-state index contributed by atoms with van der Waals surface area (Å²) in [5, 5.41) is 13.5. The van der Waals surface area contributed by atoms with Crippen molar-refractivity contribution in [1.82, 2.24) is 14.8 Å². The number of hydrogen-bond donors (Lipinski definition) is 2. The third-order valence-electron chi connectivity index (χ3n) is 5.08. The van der Waals surface area contributed by atoms with Gasteiger partial charge in [-0.05, 0) is 30.7 Å². The minimum atomic E-state index is -1.14. The van der Waals surface area contributed by atoms with Crippen LogP contribution in [0.1, 0.15) is 6.92 Å². The first-order valence-electron chi connectivity index (χ1n) is 9.02. The van der Waals surface area contributed by atoms with Crippen molar-refractivity contribution in [2.45, 2.75) is 19.0 Å². The maximum Gasteiger partial charge on any atom is 0.405 e. The van der Waals surface area contributed by atoms with Gasteiger partial charge in [0.25, 0.3) is 5.56 Å². The van der Waals surface area contributed by atoms with E-state index in [2.05, 4.69) is 5.32 Å². The molecule has 0 saturated carbocycles. The van der Waals surface area contributed by atoms with Crippen LogP contribution in [0.15, 0.2) is 40.6 Å². The quantitative estimate of drug-likeness (QED) is 0.638. The van der Waals surface area contributed by atoms with E-state index < -0.39 is 17.4 Å². The Hall–Kier alpha value is -2.91. The number of carbonyl (C=O) groups is 2. The van der Waals surface area contributed by atoms with Crippen molar-refractivity contribution in [1.29, 1.82) is 0 Å². The van der Waals surface area contributed by atoms with Crippen molar-refractivity contribution >= 4 is 45.0 Å². The number of rotatable bonds is 4. The minimum Gasteiger partial charge on any atom is -0.465 e. The van der Waals surface area contributed by atoms with E-state index in [9.17, 15) is 18.8 Å². The van der Waals surface area contributed by atoms with Crippen molar-refractivity contribution in [3.8, 4) is 11.1 Å². The monoisotopic (exact) mass is 449 g/mol. The Bertz CT molecular complexity index is 1230. The molecule has 3 aromatic rings. The lowest BCUT2D eigenvalue weighted by molar-refractivity contribution is -0.139. The van der Waals surface area contributed by atoms with Gasteiger partial charge in [-0.3, -0.25) is 9.59 Å².